The maximum atomic E-state index is 2.48. The second-order valence-corrected chi connectivity index (χ2v) is 3.48. The van der Waals surface area contributed by atoms with Gasteiger partial charge >= 0.3 is 5.96 Å². The van der Waals surface area contributed by atoms with Crippen LogP contribution in [-0.4, -0.2) is 60.6 Å². The first kappa shape index (κ1) is 6.95. The Kier molecular flexibility index (Phi) is 1.51. The highest BCUT2D eigenvalue weighted by Gasteiger charge is 2.34. The van der Waals surface area contributed by atoms with Crippen molar-refractivity contribution in [1.82, 2.24) is 9.80 Å². The molecule has 0 radical (unpaired) electrons. The van der Waals surface area contributed by atoms with Gasteiger partial charge in [-0.3, -0.25) is 14.4 Å². The maximum absolute atomic E-state index is 2.48. The van der Waals surface area contributed by atoms with Crippen LogP contribution in [0.15, 0.2) is 0 Å². The van der Waals surface area contributed by atoms with Crippen LogP contribution in [0.4, 0.5) is 0 Å². The predicted molar refractivity (Wildman–Crippen MR) is 44.9 cm³/mol. The van der Waals surface area contributed by atoms with Crippen LogP contribution in [0.2, 0.25) is 0 Å². The Morgan fingerprint density at radius 2 is 2.09 bits per heavy atom. The van der Waals surface area contributed by atoms with Gasteiger partial charge in [0.2, 0.25) is 0 Å². The third-order valence-electron chi connectivity index (χ3n) is 2.59. The zero-order chi connectivity index (χ0) is 7.84. The fraction of sp³-hybridized carbons (Fsp3) is 0.875. The molecule has 0 saturated carbocycles. The van der Waals surface area contributed by atoms with Crippen LogP contribution in [0.5, 0.6) is 0 Å². The van der Waals surface area contributed by atoms with Gasteiger partial charge in [0.25, 0.3) is 0 Å². The second-order valence-electron chi connectivity index (χ2n) is 3.48. The van der Waals surface area contributed by atoms with Gasteiger partial charge in [-0.25, -0.2) is 0 Å². The zero-order valence-electron chi connectivity index (χ0n) is 7.38. The van der Waals surface area contributed by atoms with Crippen LogP contribution >= 0.6 is 0 Å². The van der Waals surface area contributed by atoms with Gasteiger partial charge in [0.1, 0.15) is 0 Å². The van der Waals surface area contributed by atoms with Crippen molar-refractivity contribution >= 4 is 5.96 Å². The number of rotatable bonds is 0. The minimum absolute atomic E-state index is 1.19. The normalized spacial score (nSPS) is 24.5. The van der Waals surface area contributed by atoms with Crippen LogP contribution in [-0.2, 0) is 0 Å². The Labute approximate surface area is 67.9 Å². The van der Waals surface area contributed by atoms with E-state index in [0.717, 1.165) is 0 Å². The highest BCUT2D eigenvalue weighted by molar-refractivity contribution is 5.77. The van der Waals surface area contributed by atoms with Crippen molar-refractivity contribution in [2.45, 2.75) is 6.42 Å². The van der Waals surface area contributed by atoms with Crippen LogP contribution in [0.25, 0.3) is 0 Å². The first-order valence-corrected chi connectivity index (χ1v) is 4.33. The molecule has 0 amide bonds. The molecule has 3 nitrogen and oxygen atoms in total. The molecule has 0 aromatic carbocycles. The zero-order valence-corrected chi connectivity index (χ0v) is 7.38. The van der Waals surface area contributed by atoms with Crippen LogP contribution in [0.3, 0.4) is 0 Å². The molecule has 0 unspecified atom stereocenters. The topological polar surface area (TPSA) is 9.49 Å². The number of guanidine groups is 1. The summed E-state index contributed by atoms with van der Waals surface area (Å²) in [7, 11) is 4.36. The Hall–Kier alpha value is -0.730. The number of hydrogen-bond donors (Lipinski definition) is 0. The molecule has 0 bridgehead atoms. The van der Waals surface area contributed by atoms with Gasteiger partial charge < -0.3 is 0 Å². The van der Waals surface area contributed by atoms with Crippen molar-refractivity contribution in [3.8, 4) is 0 Å². The van der Waals surface area contributed by atoms with Gasteiger partial charge in [-0.2, -0.15) is 0 Å². The average Bonchev–Trinajstić information content (AvgIpc) is 2.34. The summed E-state index contributed by atoms with van der Waals surface area (Å²) in [6, 6.07) is 0. The molecule has 62 valence electrons. The Morgan fingerprint density at radius 3 is 2.82 bits per heavy atom. The fourth-order valence-electron chi connectivity index (χ4n) is 2.06. The molecule has 0 aromatic rings. The van der Waals surface area contributed by atoms with Gasteiger partial charge in [0.05, 0.1) is 40.3 Å². The predicted octanol–water partition coefficient (Wildman–Crippen LogP) is -0.364. The first-order valence-electron chi connectivity index (χ1n) is 4.33. The largest absolute Gasteiger partial charge is 0.350 e. The fourth-order valence-corrected chi connectivity index (χ4v) is 2.06. The molecule has 1 saturated heterocycles. The summed E-state index contributed by atoms with van der Waals surface area (Å²) in [4.78, 5) is 4.82. The van der Waals surface area contributed by atoms with Gasteiger partial charge in [0, 0.05) is 6.42 Å². The lowest BCUT2D eigenvalue weighted by Gasteiger charge is -2.21. The molecule has 2 aliphatic rings. The Bertz CT molecular complexity index is 198. The lowest BCUT2D eigenvalue weighted by atomic mass is 10.3. The van der Waals surface area contributed by atoms with E-state index in [2.05, 4.69) is 28.5 Å². The van der Waals surface area contributed by atoms with Gasteiger partial charge in [-0.1, -0.05) is 0 Å². The monoisotopic (exact) mass is 154 g/mol. The second kappa shape index (κ2) is 2.40. The van der Waals surface area contributed by atoms with E-state index in [-0.39, 0.29) is 0 Å². The van der Waals surface area contributed by atoms with Crippen LogP contribution < -0.4 is 0 Å². The van der Waals surface area contributed by atoms with Crippen molar-refractivity contribution in [1.29, 1.82) is 0 Å². The molecule has 1 fully saturated rings. The molecule has 2 aliphatic heterocycles. The molecule has 0 aromatic heterocycles. The lowest BCUT2D eigenvalue weighted by Crippen LogP contribution is -2.43. The molecule has 0 spiro atoms. The molecular formula is C8H16N3+. The summed E-state index contributed by atoms with van der Waals surface area (Å²) in [5.74, 6) is 1.43. The smallest absolute Gasteiger partial charge is 0.267 e. The van der Waals surface area contributed by atoms with E-state index in [4.69, 9.17) is 0 Å². The first-order chi connectivity index (χ1) is 5.29. The third-order valence-corrected chi connectivity index (χ3v) is 2.59. The molecule has 3 heteroatoms. The van der Waals surface area contributed by atoms with E-state index in [1.807, 2.05) is 0 Å². The number of likely N-dealkylation sites (N-methyl/N-ethyl adjacent to an activating group) is 1. The summed E-state index contributed by atoms with van der Waals surface area (Å²) in [6.45, 7) is 4.88. The highest BCUT2D eigenvalue weighted by atomic mass is 15.5. The summed E-state index contributed by atoms with van der Waals surface area (Å²) in [6.07, 6.45) is 1.31. The highest BCUT2D eigenvalue weighted by Crippen LogP contribution is 2.10. The van der Waals surface area contributed by atoms with Crippen LogP contribution in [0.1, 0.15) is 6.42 Å². The molecule has 2 rings (SSSR count). The van der Waals surface area contributed by atoms with E-state index < -0.39 is 0 Å². The summed E-state index contributed by atoms with van der Waals surface area (Å²) in [5.41, 5.74) is 0. The molecule has 2 heterocycles. The molecule has 0 aliphatic carbocycles. The van der Waals surface area contributed by atoms with E-state index >= 15 is 0 Å². The molecule has 11 heavy (non-hydrogen) atoms. The molecular weight excluding hydrogens is 138 g/mol. The quantitative estimate of drug-likeness (QED) is 0.441. The number of hydrogen-bond acceptors (Lipinski definition) is 2. The van der Waals surface area contributed by atoms with Crippen molar-refractivity contribution in [3.63, 3.8) is 0 Å². The van der Waals surface area contributed by atoms with Crippen molar-refractivity contribution in [2.75, 3.05) is 40.3 Å². The van der Waals surface area contributed by atoms with E-state index in [1.165, 1.54) is 38.6 Å². The van der Waals surface area contributed by atoms with Crippen LogP contribution in [0, 0.1) is 0 Å². The lowest BCUT2D eigenvalue weighted by molar-refractivity contribution is -0.512. The molecule has 0 atom stereocenters. The van der Waals surface area contributed by atoms with Gasteiger partial charge in [-0.05, 0) is 0 Å². The summed E-state index contributed by atoms with van der Waals surface area (Å²) < 4.78 is 2.36. The van der Waals surface area contributed by atoms with E-state index in [0.29, 0.717) is 0 Å². The average molecular weight is 154 g/mol. The van der Waals surface area contributed by atoms with E-state index in [9.17, 15) is 0 Å². The van der Waals surface area contributed by atoms with E-state index in [1.54, 1.807) is 0 Å². The van der Waals surface area contributed by atoms with Gasteiger partial charge in [0.15, 0.2) is 0 Å². The maximum Gasteiger partial charge on any atom is 0.350 e. The standard InChI is InChI=1S/C8H16N3/c1-9-4-3-5-11-7-6-10(2)8(9)11/h3-7H2,1-2H3/q+1. The minimum atomic E-state index is 1.19. The SMILES string of the molecule is CN1CCN2CCC[N+](C)=C12. The minimum Gasteiger partial charge on any atom is -0.267 e. The summed E-state index contributed by atoms with van der Waals surface area (Å²) in [5, 5.41) is 0. The Morgan fingerprint density at radius 1 is 1.27 bits per heavy atom. The number of fused-ring (bicyclic) bond motifs is 1. The van der Waals surface area contributed by atoms with Crippen molar-refractivity contribution < 1.29 is 4.58 Å². The van der Waals surface area contributed by atoms with Crippen molar-refractivity contribution in [2.24, 2.45) is 0 Å². The molecule has 0 N–H and O–H groups in total. The third kappa shape index (κ3) is 0.988. The Balaban J connectivity index is 2.30. The van der Waals surface area contributed by atoms with Crippen molar-refractivity contribution in [3.05, 3.63) is 0 Å². The number of nitrogens with zero attached hydrogens (tertiary/aromatic N) is 3. The van der Waals surface area contributed by atoms with Gasteiger partial charge in [-0.15, -0.1) is 0 Å². The summed E-state index contributed by atoms with van der Waals surface area (Å²) >= 11 is 0.